The first kappa shape index (κ1) is 19.9. The molecule has 0 saturated carbocycles. The van der Waals surface area contributed by atoms with Gasteiger partial charge in [0, 0.05) is 22.6 Å². The lowest BCUT2D eigenvalue weighted by Gasteiger charge is -2.12. The van der Waals surface area contributed by atoms with Crippen molar-refractivity contribution in [2.45, 2.75) is 32.7 Å². The second kappa shape index (κ2) is 7.57. The molecular weight excluding hydrogens is 405 g/mol. The summed E-state index contributed by atoms with van der Waals surface area (Å²) in [4.78, 5) is 14.0. The zero-order valence-corrected chi connectivity index (χ0v) is 17.9. The monoisotopic (exact) mass is 425 g/mol. The van der Waals surface area contributed by atoms with Crippen LogP contribution in [0, 0.1) is 18.2 Å². The summed E-state index contributed by atoms with van der Waals surface area (Å²) in [6.07, 6.45) is 7.36. The molecule has 0 radical (unpaired) electrons. The smallest absolute Gasteiger partial charge is 0.278 e. The average molecular weight is 425 g/mol. The van der Waals surface area contributed by atoms with Crippen LogP contribution in [0.5, 0.6) is 0 Å². The summed E-state index contributed by atoms with van der Waals surface area (Å²) in [5.74, 6) is 3.38. The maximum atomic E-state index is 14.8. The van der Waals surface area contributed by atoms with Crippen LogP contribution in [0.3, 0.4) is 0 Å². The number of hydrogen-bond donors (Lipinski definition) is 0. The van der Waals surface area contributed by atoms with Crippen molar-refractivity contribution >= 4 is 5.71 Å². The van der Waals surface area contributed by atoms with Crippen LogP contribution < -0.4 is 0 Å². The van der Waals surface area contributed by atoms with E-state index < -0.39 is 0 Å². The molecule has 0 N–H and O–H groups in total. The lowest BCUT2D eigenvalue weighted by atomic mass is 9.98. The number of aromatic nitrogens is 4. The average Bonchev–Trinajstić information content (AvgIpc) is 3.43. The number of aliphatic imine (C=N–C) groups is 1. The Morgan fingerprint density at radius 1 is 1.16 bits per heavy atom. The van der Waals surface area contributed by atoms with Crippen molar-refractivity contribution in [3.63, 3.8) is 0 Å². The quantitative estimate of drug-likeness (QED) is 0.429. The van der Waals surface area contributed by atoms with Crippen molar-refractivity contribution < 1.29 is 8.91 Å². The molecule has 1 atom stereocenters. The van der Waals surface area contributed by atoms with Gasteiger partial charge in [-0.15, -0.1) is 6.42 Å². The van der Waals surface area contributed by atoms with Gasteiger partial charge in [0.2, 0.25) is 0 Å². The van der Waals surface area contributed by atoms with Gasteiger partial charge < -0.3 is 4.52 Å². The maximum absolute atomic E-state index is 14.8. The van der Waals surface area contributed by atoms with Crippen molar-refractivity contribution in [3.8, 4) is 29.6 Å². The molecule has 0 fully saturated rings. The zero-order valence-electron chi connectivity index (χ0n) is 17.9. The van der Waals surface area contributed by atoms with Gasteiger partial charge in [0.25, 0.3) is 5.89 Å². The summed E-state index contributed by atoms with van der Waals surface area (Å²) in [5, 5.41) is 4.07. The summed E-state index contributed by atoms with van der Waals surface area (Å²) < 4.78 is 22.3. The van der Waals surface area contributed by atoms with Crippen LogP contribution in [0.25, 0.3) is 17.3 Å². The summed E-state index contributed by atoms with van der Waals surface area (Å²) >= 11 is 0. The molecule has 7 heteroatoms. The first-order valence-electron chi connectivity index (χ1n) is 10.3. The molecular formula is C25H20FN5O. The van der Waals surface area contributed by atoms with Gasteiger partial charge in [0.1, 0.15) is 12.1 Å². The molecule has 0 aliphatic carbocycles. The molecule has 32 heavy (non-hydrogen) atoms. The minimum Gasteiger partial charge on any atom is -0.332 e. The van der Waals surface area contributed by atoms with E-state index in [4.69, 9.17) is 15.9 Å². The number of nitrogens with zero attached hydrogens (tertiary/aromatic N) is 5. The van der Waals surface area contributed by atoms with Crippen molar-refractivity contribution in [2.24, 2.45) is 4.99 Å². The summed E-state index contributed by atoms with van der Waals surface area (Å²) in [6, 6.07) is 11.8. The Labute approximate surface area is 184 Å². The molecule has 4 aromatic rings. The van der Waals surface area contributed by atoms with E-state index in [-0.39, 0.29) is 17.8 Å². The second-order valence-corrected chi connectivity index (χ2v) is 7.97. The molecule has 6 nitrogen and oxygen atoms in total. The van der Waals surface area contributed by atoms with E-state index in [2.05, 4.69) is 21.0 Å². The normalized spacial score (nSPS) is 15.0. The Bertz CT molecular complexity index is 1410. The zero-order chi connectivity index (χ0) is 22.4. The third-order valence-electron chi connectivity index (χ3n) is 5.49. The Balaban J connectivity index is 1.77. The number of terminal acetylenes is 1. The highest BCUT2D eigenvalue weighted by atomic mass is 19.1. The van der Waals surface area contributed by atoms with E-state index in [1.807, 2.05) is 43.5 Å². The summed E-state index contributed by atoms with van der Waals surface area (Å²) in [7, 11) is 0. The van der Waals surface area contributed by atoms with E-state index in [1.165, 1.54) is 6.07 Å². The third-order valence-corrected chi connectivity index (χ3v) is 5.49. The third kappa shape index (κ3) is 3.12. The molecule has 3 heterocycles. The van der Waals surface area contributed by atoms with Crippen LogP contribution in [0.2, 0.25) is 0 Å². The van der Waals surface area contributed by atoms with Crippen LogP contribution in [-0.2, 0) is 0 Å². The fraction of sp³-hybridized carbons (Fsp3) is 0.200. The standard InChI is InChI=1S/C25H20FN5O/c1-5-16-10-11-20-18(12-16)21(17-8-6-7-9-19(17)26)28-15(4)23-22(27-13-31(20)23)25-29-24(14(2)3)30-32-25/h1,6-15H,2-4H3/t15-/m0/s1. The highest BCUT2D eigenvalue weighted by molar-refractivity contribution is 6.15. The van der Waals surface area contributed by atoms with Crippen molar-refractivity contribution in [1.82, 2.24) is 19.7 Å². The predicted octanol–water partition coefficient (Wildman–Crippen LogP) is 5.08. The van der Waals surface area contributed by atoms with Gasteiger partial charge >= 0.3 is 0 Å². The molecule has 2 aromatic carbocycles. The lowest BCUT2D eigenvalue weighted by Crippen LogP contribution is -2.09. The molecule has 1 aliphatic rings. The predicted molar refractivity (Wildman–Crippen MR) is 119 cm³/mol. The number of fused-ring (bicyclic) bond motifs is 3. The van der Waals surface area contributed by atoms with E-state index in [9.17, 15) is 4.39 Å². The van der Waals surface area contributed by atoms with Crippen molar-refractivity contribution in [3.05, 3.63) is 82.8 Å². The van der Waals surface area contributed by atoms with Gasteiger partial charge in [-0.1, -0.05) is 37.1 Å². The highest BCUT2D eigenvalue weighted by Crippen LogP contribution is 2.36. The van der Waals surface area contributed by atoms with Gasteiger partial charge in [0.15, 0.2) is 11.5 Å². The Morgan fingerprint density at radius 2 is 1.97 bits per heavy atom. The van der Waals surface area contributed by atoms with Gasteiger partial charge in [-0.2, -0.15) is 4.98 Å². The number of benzene rings is 2. The molecule has 0 bridgehead atoms. The second-order valence-electron chi connectivity index (χ2n) is 7.97. The topological polar surface area (TPSA) is 69.1 Å². The van der Waals surface area contributed by atoms with E-state index in [1.54, 1.807) is 24.5 Å². The number of halogens is 1. The van der Waals surface area contributed by atoms with Crippen LogP contribution in [-0.4, -0.2) is 25.4 Å². The van der Waals surface area contributed by atoms with E-state index in [0.717, 1.165) is 16.9 Å². The largest absolute Gasteiger partial charge is 0.332 e. The highest BCUT2D eigenvalue weighted by Gasteiger charge is 2.29. The fourth-order valence-corrected chi connectivity index (χ4v) is 3.90. The van der Waals surface area contributed by atoms with Gasteiger partial charge in [-0.05, 0) is 37.3 Å². The molecule has 0 unspecified atom stereocenters. The molecule has 0 saturated heterocycles. The summed E-state index contributed by atoms with van der Waals surface area (Å²) in [5.41, 5.74) is 4.50. The number of imidazole rings is 1. The van der Waals surface area contributed by atoms with E-state index >= 15 is 0 Å². The SMILES string of the molecule is C#Cc1ccc2c(c1)C(c1ccccc1F)=N[C@@H](C)c1c(-c3nc(C(C)C)no3)ncn1-2. The first-order valence-corrected chi connectivity index (χ1v) is 10.3. The van der Waals surface area contributed by atoms with Crippen molar-refractivity contribution in [2.75, 3.05) is 0 Å². The van der Waals surface area contributed by atoms with E-state index in [0.29, 0.717) is 34.2 Å². The first-order chi connectivity index (χ1) is 15.5. The molecule has 1 aliphatic heterocycles. The maximum Gasteiger partial charge on any atom is 0.278 e. The molecule has 158 valence electrons. The molecule has 5 rings (SSSR count). The van der Waals surface area contributed by atoms with Crippen molar-refractivity contribution in [1.29, 1.82) is 0 Å². The Kier molecular flexibility index (Phi) is 4.71. The van der Waals surface area contributed by atoms with Crippen LogP contribution in [0.1, 0.15) is 60.9 Å². The minimum atomic E-state index is -0.363. The minimum absolute atomic E-state index is 0.125. The molecule has 0 amide bonds. The summed E-state index contributed by atoms with van der Waals surface area (Å²) in [6.45, 7) is 5.93. The Hall–Kier alpha value is -4.05. The fourth-order valence-electron chi connectivity index (χ4n) is 3.90. The molecule has 0 spiro atoms. The number of hydrogen-bond acceptors (Lipinski definition) is 5. The lowest BCUT2D eigenvalue weighted by molar-refractivity contribution is 0.417. The van der Waals surface area contributed by atoms with Crippen LogP contribution in [0.4, 0.5) is 4.39 Å². The number of rotatable bonds is 3. The van der Waals surface area contributed by atoms with Crippen LogP contribution >= 0.6 is 0 Å². The van der Waals surface area contributed by atoms with Gasteiger partial charge in [-0.25, -0.2) is 9.37 Å². The van der Waals surface area contributed by atoms with Crippen LogP contribution in [0.15, 0.2) is 58.3 Å². The molecule has 2 aromatic heterocycles. The Morgan fingerprint density at radius 3 is 2.69 bits per heavy atom. The van der Waals surface area contributed by atoms with Gasteiger partial charge in [-0.3, -0.25) is 9.56 Å². The van der Waals surface area contributed by atoms with Gasteiger partial charge in [0.05, 0.1) is 23.1 Å².